The summed E-state index contributed by atoms with van der Waals surface area (Å²) < 4.78 is 34.4. The molecular formula is C10H16FN3O2S2. The van der Waals surface area contributed by atoms with Crippen molar-refractivity contribution in [3.63, 3.8) is 0 Å². The fourth-order valence-corrected chi connectivity index (χ4v) is 3.56. The maximum absolute atomic E-state index is 13.2. The number of halogens is 1. The van der Waals surface area contributed by atoms with Gasteiger partial charge in [-0.3, -0.25) is 9.52 Å². The highest BCUT2D eigenvalue weighted by Crippen LogP contribution is 2.21. The topological polar surface area (TPSA) is 96.0 Å². The summed E-state index contributed by atoms with van der Waals surface area (Å²) in [7, 11) is -3.66. The lowest BCUT2D eigenvalue weighted by atomic mass is 10.0. The van der Waals surface area contributed by atoms with Crippen LogP contribution in [0.15, 0.2) is 15.7 Å². The molecule has 0 aliphatic heterocycles. The molecule has 8 heteroatoms. The zero-order chi connectivity index (χ0) is 13.9. The summed E-state index contributed by atoms with van der Waals surface area (Å²) in [5.41, 5.74) is 5.61. The Balaban J connectivity index is 2.79. The Morgan fingerprint density at radius 1 is 1.67 bits per heavy atom. The monoisotopic (exact) mass is 293 g/mol. The number of thiophene rings is 1. The normalized spacial score (nSPS) is 16.3. The molecule has 0 bridgehead atoms. The molecule has 18 heavy (non-hydrogen) atoms. The van der Waals surface area contributed by atoms with Crippen LogP contribution < -0.4 is 10.5 Å². The van der Waals surface area contributed by atoms with Gasteiger partial charge in [0.05, 0.1) is 6.04 Å². The van der Waals surface area contributed by atoms with Gasteiger partial charge in [0.1, 0.15) is 0 Å². The minimum absolute atomic E-state index is 0.200. The highest BCUT2D eigenvalue weighted by atomic mass is 32.2. The molecule has 1 rings (SSSR count). The first-order valence-electron chi connectivity index (χ1n) is 5.33. The van der Waals surface area contributed by atoms with Crippen LogP contribution in [-0.4, -0.2) is 16.2 Å². The first kappa shape index (κ1) is 15.1. The first-order valence-corrected chi connectivity index (χ1v) is 7.76. The Kier molecular flexibility index (Phi) is 4.83. The lowest BCUT2D eigenvalue weighted by Crippen LogP contribution is -2.43. The van der Waals surface area contributed by atoms with Gasteiger partial charge in [0, 0.05) is 0 Å². The van der Waals surface area contributed by atoms with E-state index in [2.05, 4.69) is 0 Å². The molecule has 2 atom stereocenters. The molecule has 0 saturated heterocycles. The predicted molar refractivity (Wildman–Crippen MR) is 69.0 cm³/mol. The molecular weight excluding hydrogens is 277 g/mol. The maximum Gasteiger partial charge on any atom is 0.249 e. The van der Waals surface area contributed by atoms with Crippen LogP contribution in [0.25, 0.3) is 0 Å². The minimum Gasteiger partial charge on any atom is -0.320 e. The number of hydrogen-bond donors (Lipinski definition) is 3. The number of hydrogen-bond acceptors (Lipinski definition) is 5. The molecule has 0 spiro atoms. The number of rotatable bonds is 5. The zero-order valence-corrected chi connectivity index (χ0v) is 11.7. The quantitative estimate of drug-likeness (QED) is 0.771. The van der Waals surface area contributed by atoms with Gasteiger partial charge in [-0.2, -0.15) is 0 Å². The number of nitrogens with one attached hydrogen (secondary N) is 2. The molecule has 1 aromatic heterocycles. The summed E-state index contributed by atoms with van der Waals surface area (Å²) in [4.78, 5) is 11.6. The Bertz CT molecular complexity index is 525. The molecule has 0 aromatic carbocycles. The summed E-state index contributed by atoms with van der Waals surface area (Å²) in [5.74, 6) is -1.25. The molecule has 1 heterocycles. The van der Waals surface area contributed by atoms with E-state index in [4.69, 9.17) is 10.5 Å². The molecule has 0 aliphatic carbocycles. The maximum atomic E-state index is 13.2. The van der Waals surface area contributed by atoms with E-state index in [0.717, 1.165) is 17.4 Å². The second-order valence-electron chi connectivity index (χ2n) is 4.31. The van der Waals surface area contributed by atoms with Gasteiger partial charge in [0.2, 0.25) is 5.91 Å². The molecule has 0 saturated carbocycles. The van der Waals surface area contributed by atoms with Crippen molar-refractivity contribution in [2.45, 2.75) is 30.5 Å². The molecule has 0 aliphatic rings. The number of amides is 1. The van der Waals surface area contributed by atoms with E-state index in [1.165, 1.54) is 5.38 Å². The van der Waals surface area contributed by atoms with Gasteiger partial charge in [-0.05, 0) is 23.8 Å². The minimum atomic E-state index is -3.66. The largest absolute Gasteiger partial charge is 0.320 e. The Morgan fingerprint density at radius 3 is 2.72 bits per heavy atom. The fraction of sp³-hybridized carbons (Fsp3) is 0.500. The molecule has 1 amide bonds. The van der Waals surface area contributed by atoms with Gasteiger partial charge in [0.15, 0.2) is 19.9 Å². The average molecular weight is 293 g/mol. The van der Waals surface area contributed by atoms with Crippen LogP contribution in [0.1, 0.15) is 20.3 Å². The van der Waals surface area contributed by atoms with Crippen LogP contribution in [0.2, 0.25) is 0 Å². The van der Waals surface area contributed by atoms with Crippen molar-refractivity contribution >= 4 is 27.2 Å². The van der Waals surface area contributed by atoms with Crippen molar-refractivity contribution in [1.29, 1.82) is 4.78 Å². The molecule has 0 fully saturated rings. The van der Waals surface area contributed by atoms with Gasteiger partial charge < -0.3 is 5.73 Å². The third kappa shape index (κ3) is 3.76. The van der Waals surface area contributed by atoms with Crippen LogP contribution >= 0.6 is 11.3 Å². The van der Waals surface area contributed by atoms with Crippen molar-refractivity contribution in [3.8, 4) is 0 Å². The van der Waals surface area contributed by atoms with Crippen molar-refractivity contribution < 1.29 is 13.4 Å². The molecule has 1 aromatic rings. The van der Waals surface area contributed by atoms with Gasteiger partial charge in [-0.25, -0.2) is 13.4 Å². The first-order chi connectivity index (χ1) is 8.24. The van der Waals surface area contributed by atoms with Crippen LogP contribution in [-0.2, 0) is 14.7 Å². The Labute approximate surface area is 110 Å². The summed E-state index contributed by atoms with van der Waals surface area (Å²) in [6.45, 7) is 3.79. The van der Waals surface area contributed by atoms with Gasteiger partial charge in [-0.1, -0.05) is 13.8 Å². The van der Waals surface area contributed by atoms with E-state index in [-0.39, 0.29) is 10.1 Å². The van der Waals surface area contributed by atoms with Crippen molar-refractivity contribution in [1.82, 2.24) is 4.72 Å². The zero-order valence-electron chi connectivity index (χ0n) is 10.1. The predicted octanol–water partition coefficient (Wildman–Crippen LogP) is 1.70. The highest BCUT2D eigenvalue weighted by molar-refractivity contribution is 7.93. The Hall–Kier alpha value is -0.990. The van der Waals surface area contributed by atoms with Gasteiger partial charge in [-0.15, -0.1) is 11.3 Å². The number of nitrogens with two attached hydrogens (primary N) is 1. The van der Waals surface area contributed by atoms with E-state index in [1.807, 2.05) is 18.6 Å². The summed E-state index contributed by atoms with van der Waals surface area (Å²) in [5, 5.41) is 1.37. The smallest absolute Gasteiger partial charge is 0.249 e. The number of carbonyl (C=O) groups excluding carboxylic acids is 1. The molecule has 1 unspecified atom stereocenters. The molecule has 102 valence electrons. The summed E-state index contributed by atoms with van der Waals surface area (Å²) >= 11 is 0.831. The molecule has 5 nitrogen and oxygen atoms in total. The third-order valence-corrected chi connectivity index (χ3v) is 5.03. The summed E-state index contributed by atoms with van der Waals surface area (Å²) in [6, 6.07) is 0.258. The second kappa shape index (κ2) is 5.77. The lowest BCUT2D eigenvalue weighted by Gasteiger charge is -2.15. The van der Waals surface area contributed by atoms with Gasteiger partial charge >= 0.3 is 0 Å². The van der Waals surface area contributed by atoms with Crippen molar-refractivity contribution in [2.75, 3.05) is 0 Å². The summed E-state index contributed by atoms with van der Waals surface area (Å²) in [6.07, 6.45) is 0.411. The van der Waals surface area contributed by atoms with Crippen molar-refractivity contribution in [2.24, 2.45) is 11.7 Å². The highest BCUT2D eigenvalue weighted by Gasteiger charge is 2.23. The lowest BCUT2D eigenvalue weighted by molar-refractivity contribution is -0.120. The van der Waals surface area contributed by atoms with E-state index in [1.54, 1.807) is 0 Å². The van der Waals surface area contributed by atoms with Crippen LogP contribution in [0.4, 0.5) is 4.39 Å². The van der Waals surface area contributed by atoms with Crippen molar-refractivity contribution in [3.05, 3.63) is 17.3 Å². The molecule has 0 radical (unpaired) electrons. The van der Waals surface area contributed by atoms with E-state index in [0.29, 0.717) is 6.42 Å². The van der Waals surface area contributed by atoms with E-state index in [9.17, 15) is 13.4 Å². The van der Waals surface area contributed by atoms with Crippen LogP contribution in [0.3, 0.4) is 0 Å². The van der Waals surface area contributed by atoms with Crippen LogP contribution in [0.5, 0.6) is 0 Å². The standard InChI is InChI=1S/C10H16FN3O2S2/c1-6(2)5-8(12)9(15)14-18(13,16)10-7(11)3-4-17-10/h3-4,6,8H,5,12H2,1-2H3,(H2,13,14,15,16)/t8-,18?/m0/s1. The number of carbonyl (C=O) groups is 1. The second-order valence-corrected chi connectivity index (χ2v) is 7.21. The van der Waals surface area contributed by atoms with E-state index < -0.39 is 27.7 Å². The SMILES string of the molecule is CC(C)C[C@H](N)C(=O)NS(=N)(=O)c1sccc1F. The fourth-order valence-electron chi connectivity index (χ4n) is 1.36. The van der Waals surface area contributed by atoms with Crippen LogP contribution in [0, 0.1) is 16.5 Å². The van der Waals surface area contributed by atoms with E-state index >= 15 is 0 Å². The average Bonchev–Trinajstić information content (AvgIpc) is 2.63. The molecule has 4 N–H and O–H groups in total. The third-order valence-electron chi connectivity index (χ3n) is 2.15. The Morgan fingerprint density at radius 2 is 2.28 bits per heavy atom. The van der Waals surface area contributed by atoms with Gasteiger partial charge in [0.25, 0.3) is 0 Å².